The molecule has 0 aromatic carbocycles. The van der Waals surface area contributed by atoms with Gasteiger partial charge in [-0.2, -0.15) is 0 Å². The number of likely N-dealkylation sites (tertiary alicyclic amines) is 1. The van der Waals surface area contributed by atoms with Crippen molar-refractivity contribution < 1.29 is 14.3 Å². The molecule has 0 spiro atoms. The second-order valence-corrected chi connectivity index (χ2v) is 6.40. The first kappa shape index (κ1) is 16.5. The number of rotatable bonds is 4. The van der Waals surface area contributed by atoms with E-state index in [-0.39, 0.29) is 24.0 Å². The number of hydrogen-bond acceptors (Lipinski definition) is 6. The molecule has 2 atom stereocenters. The van der Waals surface area contributed by atoms with Crippen LogP contribution in [0.3, 0.4) is 0 Å². The summed E-state index contributed by atoms with van der Waals surface area (Å²) in [6.07, 6.45) is 5.85. The number of hydrogen-bond donors (Lipinski definition) is 1. The van der Waals surface area contributed by atoms with Gasteiger partial charge in [-0.05, 0) is 19.3 Å². The van der Waals surface area contributed by atoms with E-state index in [4.69, 9.17) is 4.74 Å². The van der Waals surface area contributed by atoms with Crippen molar-refractivity contribution in [2.24, 2.45) is 0 Å². The lowest BCUT2D eigenvalue weighted by Crippen LogP contribution is -2.50. The van der Waals surface area contributed by atoms with Crippen molar-refractivity contribution in [3.8, 4) is 5.88 Å². The lowest BCUT2D eigenvalue weighted by atomic mass is 10.1. The van der Waals surface area contributed by atoms with E-state index in [1.807, 2.05) is 19.0 Å². The second-order valence-electron chi connectivity index (χ2n) is 6.40. The first-order chi connectivity index (χ1) is 11.5. The minimum absolute atomic E-state index is 0.0128. The normalized spacial score (nSPS) is 23.8. The Morgan fingerprint density at radius 2 is 2.12 bits per heavy atom. The molecule has 0 radical (unpaired) electrons. The number of carbonyl (C=O) groups excluding carboxylic acids is 2. The molecule has 1 aromatic heterocycles. The molecular formula is C16H23N5O3. The topological polar surface area (TPSA) is 87.7 Å². The van der Waals surface area contributed by atoms with E-state index < -0.39 is 0 Å². The Labute approximate surface area is 141 Å². The summed E-state index contributed by atoms with van der Waals surface area (Å²) in [5.74, 6) is 1.09. The predicted octanol–water partition coefficient (Wildman–Crippen LogP) is 0.191. The minimum atomic E-state index is -0.384. The van der Waals surface area contributed by atoms with E-state index in [2.05, 4.69) is 15.3 Å². The van der Waals surface area contributed by atoms with Crippen LogP contribution in [0.15, 0.2) is 12.4 Å². The summed E-state index contributed by atoms with van der Waals surface area (Å²) in [5, 5.41) is 2.74. The average Bonchev–Trinajstić information content (AvgIpc) is 3.01. The third kappa shape index (κ3) is 3.58. The van der Waals surface area contributed by atoms with E-state index in [1.54, 1.807) is 17.3 Å². The van der Waals surface area contributed by atoms with E-state index in [0.717, 1.165) is 12.8 Å². The molecule has 2 aliphatic heterocycles. The van der Waals surface area contributed by atoms with Crippen molar-refractivity contribution in [2.75, 3.05) is 32.1 Å². The number of nitrogens with zero attached hydrogens (tertiary/aromatic N) is 4. The predicted molar refractivity (Wildman–Crippen MR) is 87.8 cm³/mol. The van der Waals surface area contributed by atoms with Crippen LogP contribution in [0.4, 0.5) is 5.82 Å². The quantitative estimate of drug-likeness (QED) is 0.846. The van der Waals surface area contributed by atoms with Crippen LogP contribution in [0.2, 0.25) is 0 Å². The largest absolute Gasteiger partial charge is 0.470 e. The molecule has 2 aliphatic rings. The Morgan fingerprint density at radius 1 is 1.33 bits per heavy atom. The molecule has 0 aliphatic carbocycles. The molecule has 1 N–H and O–H groups in total. The maximum absolute atomic E-state index is 12.5. The Morgan fingerprint density at radius 3 is 2.83 bits per heavy atom. The van der Waals surface area contributed by atoms with Crippen molar-refractivity contribution in [1.29, 1.82) is 0 Å². The minimum Gasteiger partial charge on any atom is -0.470 e. The summed E-state index contributed by atoms with van der Waals surface area (Å²) >= 11 is 0. The maximum atomic E-state index is 12.5. The number of nitrogens with one attached hydrogen (secondary N) is 1. The van der Waals surface area contributed by atoms with Crippen molar-refractivity contribution in [2.45, 2.75) is 37.8 Å². The first-order valence-corrected chi connectivity index (χ1v) is 8.27. The van der Waals surface area contributed by atoms with Gasteiger partial charge in [-0.25, -0.2) is 9.97 Å². The van der Waals surface area contributed by atoms with Crippen LogP contribution < -0.4 is 15.0 Å². The standard InChI is InChI=1S/C16H23N5O3/c1-20(2)14-15(18-8-7-17-14)24-11-4-3-9-21(10-11)16(23)12-5-6-13(22)19-12/h7-8,11-12H,3-6,9-10H2,1-2H3,(H,19,22)/t11-,12-/m1/s1. The maximum Gasteiger partial charge on any atom is 0.257 e. The summed E-state index contributed by atoms with van der Waals surface area (Å²) in [6.45, 7) is 1.21. The molecule has 3 heterocycles. The average molecular weight is 333 g/mol. The summed E-state index contributed by atoms with van der Waals surface area (Å²) in [5.41, 5.74) is 0. The Kier molecular flexibility index (Phi) is 4.82. The van der Waals surface area contributed by atoms with E-state index >= 15 is 0 Å². The molecule has 0 saturated carbocycles. The molecule has 2 amide bonds. The van der Waals surface area contributed by atoms with Gasteiger partial charge in [-0.1, -0.05) is 0 Å². The van der Waals surface area contributed by atoms with Crippen molar-refractivity contribution in [1.82, 2.24) is 20.2 Å². The summed E-state index contributed by atoms with van der Waals surface area (Å²) in [7, 11) is 3.77. The summed E-state index contributed by atoms with van der Waals surface area (Å²) in [6, 6.07) is -0.384. The van der Waals surface area contributed by atoms with Gasteiger partial charge in [0.25, 0.3) is 5.88 Å². The fraction of sp³-hybridized carbons (Fsp3) is 0.625. The monoisotopic (exact) mass is 333 g/mol. The highest BCUT2D eigenvalue weighted by atomic mass is 16.5. The Bertz CT molecular complexity index is 621. The van der Waals surface area contributed by atoms with Gasteiger partial charge in [0.15, 0.2) is 5.82 Å². The van der Waals surface area contributed by atoms with Crippen molar-refractivity contribution in [3.63, 3.8) is 0 Å². The third-order valence-electron chi connectivity index (χ3n) is 4.33. The van der Waals surface area contributed by atoms with Gasteiger partial charge in [0.1, 0.15) is 12.1 Å². The molecule has 2 fully saturated rings. The molecule has 24 heavy (non-hydrogen) atoms. The van der Waals surface area contributed by atoms with Crippen molar-refractivity contribution in [3.05, 3.63) is 12.4 Å². The third-order valence-corrected chi connectivity index (χ3v) is 4.33. The first-order valence-electron chi connectivity index (χ1n) is 8.27. The Hall–Kier alpha value is -2.38. The molecule has 3 rings (SSSR count). The van der Waals surface area contributed by atoms with Crippen LogP contribution in [0.25, 0.3) is 0 Å². The number of amides is 2. The van der Waals surface area contributed by atoms with E-state index in [1.165, 1.54) is 0 Å². The highest BCUT2D eigenvalue weighted by Gasteiger charge is 2.34. The van der Waals surface area contributed by atoms with E-state index in [0.29, 0.717) is 37.6 Å². The van der Waals surface area contributed by atoms with Crippen LogP contribution in [0.1, 0.15) is 25.7 Å². The molecular weight excluding hydrogens is 310 g/mol. The van der Waals surface area contributed by atoms with Crippen LogP contribution in [0, 0.1) is 0 Å². The zero-order chi connectivity index (χ0) is 17.1. The van der Waals surface area contributed by atoms with Gasteiger partial charge < -0.3 is 19.9 Å². The van der Waals surface area contributed by atoms with Crippen LogP contribution in [0.5, 0.6) is 5.88 Å². The smallest absolute Gasteiger partial charge is 0.257 e. The summed E-state index contributed by atoms with van der Waals surface area (Å²) < 4.78 is 6.02. The zero-order valence-corrected chi connectivity index (χ0v) is 14.1. The SMILES string of the molecule is CN(C)c1nccnc1O[C@@H]1CCCN(C(=O)[C@H]2CCC(=O)N2)C1. The molecule has 8 nitrogen and oxygen atoms in total. The van der Waals surface area contributed by atoms with Crippen molar-refractivity contribution >= 4 is 17.6 Å². The number of anilines is 1. The van der Waals surface area contributed by atoms with Gasteiger partial charge >= 0.3 is 0 Å². The van der Waals surface area contributed by atoms with E-state index in [9.17, 15) is 9.59 Å². The van der Waals surface area contributed by atoms with Gasteiger partial charge in [-0.15, -0.1) is 0 Å². The number of ether oxygens (including phenoxy) is 1. The molecule has 130 valence electrons. The van der Waals surface area contributed by atoms with Gasteiger partial charge in [0.2, 0.25) is 11.8 Å². The highest BCUT2D eigenvalue weighted by Crippen LogP contribution is 2.24. The van der Waals surface area contributed by atoms with Gasteiger partial charge in [0.05, 0.1) is 6.54 Å². The molecule has 0 bridgehead atoms. The van der Waals surface area contributed by atoms with Crippen LogP contribution in [-0.4, -0.2) is 66.0 Å². The zero-order valence-electron chi connectivity index (χ0n) is 14.1. The highest BCUT2D eigenvalue weighted by molar-refractivity contribution is 5.90. The number of carbonyl (C=O) groups is 2. The fourth-order valence-corrected chi connectivity index (χ4v) is 3.12. The van der Waals surface area contributed by atoms with Gasteiger partial charge in [-0.3, -0.25) is 9.59 Å². The lowest BCUT2D eigenvalue weighted by molar-refractivity contribution is -0.136. The lowest BCUT2D eigenvalue weighted by Gasteiger charge is -2.34. The molecule has 0 unspecified atom stereocenters. The van der Waals surface area contributed by atoms with Crippen LogP contribution >= 0.6 is 0 Å². The fourth-order valence-electron chi connectivity index (χ4n) is 3.12. The Balaban J connectivity index is 1.64. The summed E-state index contributed by atoms with van der Waals surface area (Å²) in [4.78, 5) is 36.0. The number of aromatic nitrogens is 2. The second kappa shape index (κ2) is 7.02. The van der Waals surface area contributed by atoms with Gasteiger partial charge in [0, 0.05) is 39.5 Å². The molecule has 2 saturated heterocycles. The number of piperidine rings is 1. The molecule has 8 heteroatoms. The van der Waals surface area contributed by atoms with Crippen LogP contribution in [-0.2, 0) is 9.59 Å². The molecule has 1 aromatic rings.